The van der Waals surface area contributed by atoms with Gasteiger partial charge in [0.25, 0.3) is 10.0 Å². The molecule has 0 amide bonds. The minimum atomic E-state index is -3.70. The van der Waals surface area contributed by atoms with Crippen molar-refractivity contribution in [2.45, 2.75) is 37.5 Å². The molecule has 0 aromatic carbocycles. The van der Waals surface area contributed by atoms with Crippen molar-refractivity contribution in [1.29, 1.82) is 0 Å². The molecule has 0 unspecified atom stereocenters. The number of aromatic nitrogens is 2. The summed E-state index contributed by atoms with van der Waals surface area (Å²) in [5.41, 5.74) is 0.717. The SMILES string of the molecule is Cc1cc(S(=O)(=O)Nc2nccnc2C2CC2)c(C)o1. The molecule has 1 fully saturated rings. The lowest BCUT2D eigenvalue weighted by Gasteiger charge is -2.09. The van der Waals surface area contributed by atoms with Crippen LogP contribution in [0.1, 0.15) is 36.0 Å². The van der Waals surface area contributed by atoms with Crippen LogP contribution in [0.3, 0.4) is 0 Å². The van der Waals surface area contributed by atoms with Gasteiger partial charge in [0.05, 0.1) is 5.69 Å². The highest BCUT2D eigenvalue weighted by atomic mass is 32.2. The first-order chi connectivity index (χ1) is 9.47. The molecule has 0 bridgehead atoms. The van der Waals surface area contributed by atoms with E-state index in [4.69, 9.17) is 4.42 Å². The normalized spacial score (nSPS) is 15.3. The number of nitrogens with one attached hydrogen (secondary N) is 1. The summed E-state index contributed by atoms with van der Waals surface area (Å²) in [6, 6.07) is 1.50. The van der Waals surface area contributed by atoms with Gasteiger partial charge in [-0.05, 0) is 26.7 Å². The first-order valence-corrected chi connectivity index (χ1v) is 7.86. The van der Waals surface area contributed by atoms with Gasteiger partial charge in [0.15, 0.2) is 5.82 Å². The van der Waals surface area contributed by atoms with Crippen LogP contribution in [0.2, 0.25) is 0 Å². The van der Waals surface area contributed by atoms with E-state index < -0.39 is 10.0 Å². The smallest absolute Gasteiger partial charge is 0.266 e. The predicted molar refractivity (Wildman–Crippen MR) is 73.0 cm³/mol. The van der Waals surface area contributed by atoms with Crippen LogP contribution in [0.5, 0.6) is 0 Å². The van der Waals surface area contributed by atoms with E-state index in [0.717, 1.165) is 12.8 Å². The number of anilines is 1. The molecule has 2 aromatic rings. The maximum atomic E-state index is 12.4. The molecule has 7 heteroatoms. The first-order valence-electron chi connectivity index (χ1n) is 6.38. The molecule has 1 aliphatic rings. The lowest BCUT2D eigenvalue weighted by molar-refractivity contribution is 0.496. The Labute approximate surface area is 117 Å². The Kier molecular flexibility index (Phi) is 3.01. The summed E-state index contributed by atoms with van der Waals surface area (Å²) < 4.78 is 32.6. The topological polar surface area (TPSA) is 85.1 Å². The van der Waals surface area contributed by atoms with Gasteiger partial charge in [-0.1, -0.05) is 0 Å². The molecule has 2 heterocycles. The lowest BCUT2D eigenvalue weighted by Crippen LogP contribution is -2.16. The van der Waals surface area contributed by atoms with E-state index in [0.29, 0.717) is 29.0 Å². The molecule has 0 atom stereocenters. The molecule has 0 saturated heterocycles. The van der Waals surface area contributed by atoms with Gasteiger partial charge in [0, 0.05) is 24.4 Å². The molecule has 2 aromatic heterocycles. The number of hydrogen-bond acceptors (Lipinski definition) is 5. The third-order valence-corrected chi connectivity index (χ3v) is 4.65. The lowest BCUT2D eigenvalue weighted by atomic mass is 10.3. The van der Waals surface area contributed by atoms with Gasteiger partial charge < -0.3 is 4.42 Å². The van der Waals surface area contributed by atoms with E-state index in [1.54, 1.807) is 20.0 Å². The van der Waals surface area contributed by atoms with E-state index >= 15 is 0 Å². The molecule has 1 N–H and O–H groups in total. The molecule has 0 radical (unpaired) electrons. The molecule has 0 aliphatic heterocycles. The zero-order valence-electron chi connectivity index (χ0n) is 11.3. The summed E-state index contributed by atoms with van der Waals surface area (Å²) in [5.74, 6) is 1.55. The number of sulfonamides is 1. The Bertz CT molecular complexity index is 748. The fraction of sp³-hybridized carbons (Fsp3) is 0.385. The highest BCUT2D eigenvalue weighted by Gasteiger charge is 2.30. The van der Waals surface area contributed by atoms with Crippen molar-refractivity contribution in [2.75, 3.05) is 4.72 Å². The second-order valence-corrected chi connectivity index (χ2v) is 6.60. The molecule has 0 spiro atoms. The Morgan fingerprint density at radius 2 is 1.95 bits per heavy atom. The van der Waals surface area contributed by atoms with Crippen LogP contribution in [0.4, 0.5) is 5.82 Å². The van der Waals surface area contributed by atoms with Gasteiger partial charge in [-0.2, -0.15) is 0 Å². The maximum Gasteiger partial charge on any atom is 0.266 e. The van der Waals surface area contributed by atoms with Gasteiger partial charge in [-0.25, -0.2) is 13.4 Å². The zero-order valence-corrected chi connectivity index (χ0v) is 12.1. The van der Waals surface area contributed by atoms with E-state index in [1.807, 2.05) is 0 Å². The van der Waals surface area contributed by atoms with Crippen molar-refractivity contribution in [3.63, 3.8) is 0 Å². The van der Waals surface area contributed by atoms with Crippen LogP contribution >= 0.6 is 0 Å². The van der Waals surface area contributed by atoms with E-state index in [2.05, 4.69) is 14.7 Å². The minimum absolute atomic E-state index is 0.141. The number of nitrogens with zero attached hydrogens (tertiary/aromatic N) is 2. The van der Waals surface area contributed by atoms with Crippen LogP contribution in [-0.4, -0.2) is 18.4 Å². The van der Waals surface area contributed by atoms with Crippen LogP contribution in [0, 0.1) is 13.8 Å². The number of aryl methyl sites for hydroxylation is 2. The Morgan fingerprint density at radius 1 is 1.25 bits per heavy atom. The van der Waals surface area contributed by atoms with Gasteiger partial charge in [-0.15, -0.1) is 0 Å². The van der Waals surface area contributed by atoms with Gasteiger partial charge >= 0.3 is 0 Å². The molecule has 1 aliphatic carbocycles. The van der Waals surface area contributed by atoms with Crippen LogP contribution in [0.15, 0.2) is 27.8 Å². The van der Waals surface area contributed by atoms with E-state index in [-0.39, 0.29) is 4.90 Å². The van der Waals surface area contributed by atoms with Gasteiger partial charge in [0.1, 0.15) is 16.4 Å². The average Bonchev–Trinajstić information content (AvgIpc) is 3.15. The minimum Gasteiger partial charge on any atom is -0.465 e. The highest BCUT2D eigenvalue weighted by molar-refractivity contribution is 7.92. The van der Waals surface area contributed by atoms with Crippen molar-refractivity contribution >= 4 is 15.8 Å². The third kappa shape index (κ3) is 2.40. The molecule has 1 saturated carbocycles. The number of hydrogen-bond donors (Lipinski definition) is 1. The van der Waals surface area contributed by atoms with Crippen molar-refractivity contribution in [1.82, 2.24) is 9.97 Å². The molecule has 3 rings (SSSR count). The monoisotopic (exact) mass is 293 g/mol. The summed E-state index contributed by atoms with van der Waals surface area (Å²) in [6.07, 6.45) is 5.12. The second kappa shape index (κ2) is 4.59. The van der Waals surface area contributed by atoms with Gasteiger partial charge in [0.2, 0.25) is 0 Å². The van der Waals surface area contributed by atoms with E-state index in [1.165, 1.54) is 12.3 Å². The first kappa shape index (κ1) is 13.1. The van der Waals surface area contributed by atoms with E-state index in [9.17, 15) is 8.42 Å². The zero-order chi connectivity index (χ0) is 14.3. The fourth-order valence-electron chi connectivity index (χ4n) is 2.14. The number of furan rings is 1. The Balaban J connectivity index is 1.96. The Morgan fingerprint density at radius 3 is 2.55 bits per heavy atom. The fourth-order valence-corrected chi connectivity index (χ4v) is 3.40. The molecular formula is C13H15N3O3S. The quantitative estimate of drug-likeness (QED) is 0.935. The highest BCUT2D eigenvalue weighted by Crippen LogP contribution is 2.41. The van der Waals surface area contributed by atoms with Crippen molar-refractivity contribution in [3.8, 4) is 0 Å². The summed E-state index contributed by atoms with van der Waals surface area (Å²) in [6.45, 7) is 3.34. The molecule has 106 valence electrons. The maximum absolute atomic E-state index is 12.4. The Hall–Kier alpha value is -1.89. The van der Waals surface area contributed by atoms with Crippen LogP contribution < -0.4 is 4.72 Å². The largest absolute Gasteiger partial charge is 0.465 e. The molecule has 6 nitrogen and oxygen atoms in total. The van der Waals surface area contributed by atoms with Crippen molar-refractivity contribution in [2.24, 2.45) is 0 Å². The molecule has 20 heavy (non-hydrogen) atoms. The summed E-state index contributed by atoms with van der Waals surface area (Å²) in [4.78, 5) is 8.48. The predicted octanol–water partition coefficient (Wildman–Crippen LogP) is 2.36. The van der Waals surface area contributed by atoms with Crippen LogP contribution in [0.25, 0.3) is 0 Å². The number of rotatable bonds is 4. The van der Waals surface area contributed by atoms with Crippen LogP contribution in [-0.2, 0) is 10.0 Å². The summed E-state index contributed by atoms with van der Waals surface area (Å²) in [7, 11) is -3.70. The van der Waals surface area contributed by atoms with Crippen molar-refractivity contribution in [3.05, 3.63) is 35.7 Å². The molecular weight excluding hydrogens is 278 g/mol. The summed E-state index contributed by atoms with van der Waals surface area (Å²) >= 11 is 0. The standard InChI is InChI=1S/C13H15N3O3S/c1-8-7-11(9(2)19-8)20(17,18)16-13-12(10-3-4-10)14-5-6-15-13/h5-7,10H,3-4H2,1-2H3,(H,15,16). The average molecular weight is 293 g/mol. The van der Waals surface area contributed by atoms with Crippen molar-refractivity contribution < 1.29 is 12.8 Å². The summed E-state index contributed by atoms with van der Waals surface area (Å²) in [5, 5.41) is 0. The second-order valence-electron chi connectivity index (χ2n) is 4.95. The third-order valence-electron chi connectivity index (χ3n) is 3.21. The van der Waals surface area contributed by atoms with Gasteiger partial charge in [-0.3, -0.25) is 9.71 Å².